The van der Waals surface area contributed by atoms with Crippen LogP contribution in [0.5, 0.6) is 11.5 Å². The van der Waals surface area contributed by atoms with Gasteiger partial charge in [-0.1, -0.05) is 13.8 Å². The molecule has 1 amide bonds. The standard InChI is InChI=1S/C21H29N3O4S/c1-14(2)17(24-7-9-28-10-8-24)12-22-20(25)16-13-29-21(23-16)15-5-6-18(26-3)19(11-15)27-4/h5-6,11,13-14,17H,7-10,12H2,1-4H3,(H,22,25)/t17-/m1/s1. The van der Waals surface area contributed by atoms with Gasteiger partial charge >= 0.3 is 0 Å². The molecule has 0 radical (unpaired) electrons. The Morgan fingerprint density at radius 1 is 1.24 bits per heavy atom. The molecule has 1 aromatic carbocycles. The highest BCUT2D eigenvalue weighted by atomic mass is 32.1. The molecule has 1 aromatic heterocycles. The largest absolute Gasteiger partial charge is 0.493 e. The number of carbonyl (C=O) groups excluding carboxylic acids is 1. The number of morpholine rings is 1. The van der Waals surface area contributed by atoms with Crippen molar-refractivity contribution in [2.75, 3.05) is 47.1 Å². The van der Waals surface area contributed by atoms with Crippen LogP contribution < -0.4 is 14.8 Å². The topological polar surface area (TPSA) is 72.9 Å². The van der Waals surface area contributed by atoms with Crippen molar-refractivity contribution in [1.29, 1.82) is 0 Å². The van der Waals surface area contributed by atoms with Gasteiger partial charge in [0.2, 0.25) is 0 Å². The van der Waals surface area contributed by atoms with Crippen molar-refractivity contribution < 1.29 is 19.0 Å². The number of ether oxygens (including phenoxy) is 3. The normalized spacial score (nSPS) is 15.9. The third-order valence-electron chi connectivity index (χ3n) is 5.12. The summed E-state index contributed by atoms with van der Waals surface area (Å²) < 4.78 is 16.1. The smallest absolute Gasteiger partial charge is 0.270 e. The van der Waals surface area contributed by atoms with Crippen LogP contribution in [0.15, 0.2) is 23.6 Å². The maximum atomic E-state index is 12.7. The van der Waals surface area contributed by atoms with E-state index in [1.54, 1.807) is 19.6 Å². The number of hydrogen-bond acceptors (Lipinski definition) is 7. The Kier molecular flexibility index (Phi) is 7.46. The zero-order valence-corrected chi connectivity index (χ0v) is 18.3. The minimum Gasteiger partial charge on any atom is -0.493 e. The molecule has 1 atom stereocenters. The number of thiazole rings is 1. The molecule has 7 nitrogen and oxygen atoms in total. The minimum absolute atomic E-state index is 0.146. The van der Waals surface area contributed by atoms with Gasteiger partial charge < -0.3 is 19.5 Å². The van der Waals surface area contributed by atoms with Gasteiger partial charge in [0.05, 0.1) is 27.4 Å². The first-order valence-corrected chi connectivity index (χ1v) is 10.7. The highest BCUT2D eigenvalue weighted by Gasteiger charge is 2.24. The molecule has 0 spiro atoms. The van der Waals surface area contributed by atoms with Crippen LogP contribution in [0.4, 0.5) is 0 Å². The van der Waals surface area contributed by atoms with Crippen molar-refractivity contribution in [3.63, 3.8) is 0 Å². The van der Waals surface area contributed by atoms with Crippen LogP contribution in [0.2, 0.25) is 0 Å². The third-order valence-corrected chi connectivity index (χ3v) is 6.01. The first-order chi connectivity index (χ1) is 14.0. The van der Waals surface area contributed by atoms with E-state index < -0.39 is 0 Å². The summed E-state index contributed by atoms with van der Waals surface area (Å²) in [6.07, 6.45) is 0. The van der Waals surface area contributed by atoms with Crippen LogP contribution in [0.3, 0.4) is 0 Å². The minimum atomic E-state index is -0.146. The van der Waals surface area contributed by atoms with E-state index >= 15 is 0 Å². The second kappa shape index (κ2) is 10.0. The summed E-state index contributed by atoms with van der Waals surface area (Å²) in [5.74, 6) is 1.59. The Morgan fingerprint density at radius 3 is 2.62 bits per heavy atom. The third kappa shape index (κ3) is 5.26. The van der Waals surface area contributed by atoms with Crippen LogP contribution in [0.1, 0.15) is 24.3 Å². The van der Waals surface area contributed by atoms with Crippen LogP contribution in [0.25, 0.3) is 10.6 Å². The number of amides is 1. The monoisotopic (exact) mass is 419 g/mol. The molecular formula is C21H29N3O4S. The molecule has 3 rings (SSSR count). The average molecular weight is 420 g/mol. The van der Waals surface area contributed by atoms with E-state index in [0.29, 0.717) is 29.7 Å². The molecule has 1 aliphatic rings. The summed E-state index contributed by atoms with van der Waals surface area (Å²) in [7, 11) is 3.20. The number of carbonyl (C=O) groups is 1. The fraction of sp³-hybridized carbons (Fsp3) is 0.524. The van der Waals surface area contributed by atoms with Crippen LogP contribution in [-0.2, 0) is 4.74 Å². The molecule has 1 aliphatic heterocycles. The molecule has 0 saturated carbocycles. The second-order valence-electron chi connectivity index (χ2n) is 7.28. The number of nitrogens with zero attached hydrogens (tertiary/aromatic N) is 2. The summed E-state index contributed by atoms with van der Waals surface area (Å²) in [5, 5.41) is 5.62. The summed E-state index contributed by atoms with van der Waals surface area (Å²) in [5.41, 5.74) is 1.32. The van der Waals surface area contributed by atoms with Crippen LogP contribution in [0, 0.1) is 5.92 Å². The SMILES string of the molecule is COc1ccc(-c2nc(C(=O)NC[C@H](C(C)C)N3CCOCC3)cs2)cc1OC. The molecule has 0 bridgehead atoms. The number of methoxy groups -OCH3 is 2. The van der Waals surface area contributed by atoms with E-state index in [4.69, 9.17) is 14.2 Å². The van der Waals surface area contributed by atoms with E-state index in [-0.39, 0.29) is 11.9 Å². The average Bonchev–Trinajstić information content (AvgIpc) is 3.24. The van der Waals surface area contributed by atoms with Gasteiger partial charge in [0.25, 0.3) is 5.91 Å². The van der Waals surface area contributed by atoms with E-state index in [9.17, 15) is 4.79 Å². The number of hydrogen-bond donors (Lipinski definition) is 1. The quantitative estimate of drug-likeness (QED) is 0.709. The highest BCUT2D eigenvalue weighted by Crippen LogP contribution is 2.33. The summed E-state index contributed by atoms with van der Waals surface area (Å²) >= 11 is 1.44. The lowest BCUT2D eigenvalue weighted by Gasteiger charge is -2.36. The molecule has 0 aliphatic carbocycles. The van der Waals surface area contributed by atoms with Crippen molar-refractivity contribution in [1.82, 2.24) is 15.2 Å². The Balaban J connectivity index is 1.66. The van der Waals surface area contributed by atoms with Crippen molar-refractivity contribution in [3.8, 4) is 22.1 Å². The molecule has 8 heteroatoms. The Hall–Kier alpha value is -2.16. The first kappa shape index (κ1) is 21.5. The lowest BCUT2D eigenvalue weighted by Crippen LogP contribution is -2.51. The van der Waals surface area contributed by atoms with Gasteiger partial charge in [0.1, 0.15) is 10.7 Å². The van der Waals surface area contributed by atoms with Gasteiger partial charge in [-0.15, -0.1) is 11.3 Å². The Bertz CT molecular complexity index is 818. The lowest BCUT2D eigenvalue weighted by molar-refractivity contribution is 0.00671. The number of rotatable bonds is 8. The first-order valence-electron chi connectivity index (χ1n) is 9.81. The molecule has 0 unspecified atom stereocenters. The molecule has 158 valence electrons. The molecule has 2 aromatic rings. The molecule has 1 fully saturated rings. The number of nitrogens with one attached hydrogen (secondary N) is 1. The zero-order chi connectivity index (χ0) is 20.8. The summed E-state index contributed by atoms with van der Waals surface area (Å²) in [4.78, 5) is 19.6. The van der Waals surface area contributed by atoms with Gasteiger partial charge in [-0.25, -0.2) is 4.98 Å². The van der Waals surface area contributed by atoms with E-state index in [2.05, 4.69) is 29.0 Å². The Morgan fingerprint density at radius 2 is 1.97 bits per heavy atom. The molecular weight excluding hydrogens is 390 g/mol. The molecule has 29 heavy (non-hydrogen) atoms. The van der Waals surface area contributed by atoms with E-state index in [1.165, 1.54) is 11.3 Å². The molecule has 2 heterocycles. The zero-order valence-electron chi connectivity index (χ0n) is 17.4. The molecule has 1 N–H and O–H groups in total. The summed E-state index contributed by atoms with van der Waals surface area (Å²) in [6, 6.07) is 5.90. The van der Waals surface area contributed by atoms with Gasteiger partial charge in [0.15, 0.2) is 11.5 Å². The fourth-order valence-electron chi connectivity index (χ4n) is 3.46. The Labute approximate surface area is 176 Å². The van der Waals surface area contributed by atoms with Gasteiger partial charge in [0, 0.05) is 36.6 Å². The maximum Gasteiger partial charge on any atom is 0.270 e. The molecule has 1 saturated heterocycles. The number of aromatic nitrogens is 1. The predicted molar refractivity (Wildman–Crippen MR) is 114 cm³/mol. The van der Waals surface area contributed by atoms with Crippen molar-refractivity contribution in [3.05, 3.63) is 29.3 Å². The van der Waals surface area contributed by atoms with Crippen molar-refractivity contribution >= 4 is 17.2 Å². The van der Waals surface area contributed by atoms with Gasteiger partial charge in [-0.05, 0) is 24.1 Å². The second-order valence-corrected chi connectivity index (χ2v) is 8.14. The van der Waals surface area contributed by atoms with Gasteiger partial charge in [-0.2, -0.15) is 0 Å². The lowest BCUT2D eigenvalue weighted by atomic mass is 10.0. The van der Waals surface area contributed by atoms with E-state index in [1.807, 2.05) is 18.2 Å². The van der Waals surface area contributed by atoms with Crippen LogP contribution >= 0.6 is 11.3 Å². The van der Waals surface area contributed by atoms with Crippen molar-refractivity contribution in [2.24, 2.45) is 5.92 Å². The highest BCUT2D eigenvalue weighted by molar-refractivity contribution is 7.13. The van der Waals surface area contributed by atoms with Crippen LogP contribution in [-0.4, -0.2) is 68.9 Å². The fourth-order valence-corrected chi connectivity index (χ4v) is 4.26. The van der Waals surface area contributed by atoms with Crippen molar-refractivity contribution in [2.45, 2.75) is 19.9 Å². The maximum absolute atomic E-state index is 12.7. The summed E-state index contributed by atoms with van der Waals surface area (Å²) in [6.45, 7) is 8.27. The van der Waals surface area contributed by atoms with Gasteiger partial charge in [-0.3, -0.25) is 9.69 Å². The van der Waals surface area contributed by atoms with E-state index in [0.717, 1.165) is 36.9 Å². The number of benzene rings is 1. The predicted octanol–water partition coefficient (Wildman–Crippen LogP) is 2.91.